The second-order valence-corrected chi connectivity index (χ2v) is 4.27. The zero-order chi connectivity index (χ0) is 9.84. The van der Waals surface area contributed by atoms with E-state index < -0.39 is 16.8 Å². The molecule has 0 amide bonds. The van der Waals surface area contributed by atoms with E-state index in [4.69, 9.17) is 11.6 Å². The monoisotopic (exact) mass is 221 g/mol. The Morgan fingerprint density at radius 3 is 2.85 bits per heavy atom. The number of halogens is 2. The maximum Gasteiger partial charge on any atom is 0.148 e. The molecule has 5 heteroatoms. The number of rotatable bonds is 3. The fraction of sp³-hybridized carbons (Fsp3) is 0.250. The van der Waals surface area contributed by atoms with E-state index in [2.05, 4.69) is 4.72 Å². The normalized spacial score (nSPS) is 12.5. The first-order chi connectivity index (χ1) is 6.13. The smallest absolute Gasteiger partial charge is 0.148 e. The molecule has 0 spiro atoms. The summed E-state index contributed by atoms with van der Waals surface area (Å²) in [7, 11) is -1.23. The number of hydrogen-bond acceptors (Lipinski definition) is 1. The lowest BCUT2D eigenvalue weighted by atomic mass is 10.3. The molecule has 0 aliphatic carbocycles. The molecule has 1 aromatic rings. The molecule has 1 aromatic carbocycles. The Balaban J connectivity index is 2.83. The molecule has 72 valence electrons. The summed E-state index contributed by atoms with van der Waals surface area (Å²) in [5.41, 5.74) is 0.213. The summed E-state index contributed by atoms with van der Waals surface area (Å²) in [5, 5.41) is 0.324. The van der Waals surface area contributed by atoms with Crippen LogP contribution in [0, 0.1) is 5.82 Å². The molecule has 1 atom stereocenters. The number of nitrogens with one attached hydrogen (secondary N) is 1. The van der Waals surface area contributed by atoms with Gasteiger partial charge >= 0.3 is 0 Å². The molecule has 0 aromatic heterocycles. The third-order valence-corrected chi connectivity index (χ3v) is 2.62. The van der Waals surface area contributed by atoms with Crippen molar-refractivity contribution in [3.05, 3.63) is 29.0 Å². The molecule has 0 aliphatic heterocycles. The van der Waals surface area contributed by atoms with Crippen LogP contribution in [0.2, 0.25) is 5.02 Å². The molecule has 0 aliphatic rings. The van der Waals surface area contributed by atoms with Crippen LogP contribution in [-0.4, -0.2) is 9.96 Å². The number of anilines is 1. The lowest BCUT2D eigenvalue weighted by molar-refractivity contribution is 0.632. The van der Waals surface area contributed by atoms with Crippen LogP contribution in [0.5, 0.6) is 0 Å². The highest BCUT2D eigenvalue weighted by Crippen LogP contribution is 2.19. The van der Waals surface area contributed by atoms with Crippen LogP contribution < -0.4 is 4.72 Å². The Hall–Kier alpha value is -0.610. The van der Waals surface area contributed by atoms with Crippen LogP contribution in [0.4, 0.5) is 10.1 Å². The number of benzene rings is 1. The zero-order valence-corrected chi connectivity index (χ0v) is 8.58. The van der Waals surface area contributed by atoms with Crippen LogP contribution in [0.3, 0.4) is 0 Å². The Morgan fingerprint density at radius 1 is 1.62 bits per heavy atom. The first-order valence-electron chi connectivity index (χ1n) is 3.73. The molecule has 0 radical (unpaired) electrons. The van der Waals surface area contributed by atoms with Crippen LogP contribution in [0.15, 0.2) is 18.2 Å². The van der Waals surface area contributed by atoms with E-state index in [0.717, 1.165) is 0 Å². The van der Waals surface area contributed by atoms with Crippen molar-refractivity contribution in [3.8, 4) is 0 Å². The molecule has 13 heavy (non-hydrogen) atoms. The first kappa shape index (κ1) is 10.5. The van der Waals surface area contributed by atoms with Crippen molar-refractivity contribution in [1.29, 1.82) is 0 Å². The quantitative estimate of drug-likeness (QED) is 0.835. The summed E-state index contributed by atoms with van der Waals surface area (Å²) >= 11 is 5.54. The van der Waals surface area contributed by atoms with Crippen molar-refractivity contribution < 1.29 is 8.60 Å². The summed E-state index contributed by atoms with van der Waals surface area (Å²) in [4.78, 5) is 0. The van der Waals surface area contributed by atoms with E-state index in [-0.39, 0.29) is 5.69 Å². The van der Waals surface area contributed by atoms with Crippen LogP contribution >= 0.6 is 11.6 Å². The minimum absolute atomic E-state index is 0.213. The van der Waals surface area contributed by atoms with Gasteiger partial charge in [-0.25, -0.2) is 8.60 Å². The molecule has 1 unspecified atom stereocenters. The third-order valence-electron chi connectivity index (χ3n) is 1.42. The van der Waals surface area contributed by atoms with Gasteiger partial charge in [-0.3, -0.25) is 0 Å². The van der Waals surface area contributed by atoms with E-state index in [1.165, 1.54) is 12.1 Å². The molecule has 1 rings (SSSR count). The Bertz CT molecular complexity index is 332. The van der Waals surface area contributed by atoms with Gasteiger partial charge in [-0.05, 0) is 18.2 Å². The molecule has 0 saturated carbocycles. The maximum atomic E-state index is 13.1. The molecule has 1 N–H and O–H groups in total. The predicted molar refractivity (Wildman–Crippen MR) is 53.7 cm³/mol. The van der Waals surface area contributed by atoms with Gasteiger partial charge in [-0.2, -0.15) is 0 Å². The predicted octanol–water partition coefficient (Wildman–Crippen LogP) is 2.57. The Labute approximate surface area is 83.7 Å². The minimum Gasteiger partial charge on any atom is -0.302 e. The Kier molecular flexibility index (Phi) is 3.69. The molecule has 0 saturated heterocycles. The van der Waals surface area contributed by atoms with E-state index in [1.807, 2.05) is 0 Å². The maximum absolute atomic E-state index is 13.1. The average molecular weight is 222 g/mol. The molecule has 0 fully saturated rings. The molecular weight excluding hydrogens is 213 g/mol. The van der Waals surface area contributed by atoms with Crippen LogP contribution in [0.1, 0.15) is 6.92 Å². The first-order valence-corrected chi connectivity index (χ1v) is 5.43. The van der Waals surface area contributed by atoms with Gasteiger partial charge in [0.1, 0.15) is 16.8 Å². The average Bonchev–Trinajstić information content (AvgIpc) is 2.09. The van der Waals surface area contributed by atoms with Gasteiger partial charge in [0.15, 0.2) is 0 Å². The topological polar surface area (TPSA) is 29.1 Å². The summed E-state index contributed by atoms with van der Waals surface area (Å²) < 4.78 is 26.6. The SMILES string of the molecule is CCS(=O)Nc1ccc(Cl)cc1F. The van der Waals surface area contributed by atoms with E-state index in [1.54, 1.807) is 13.0 Å². The fourth-order valence-corrected chi connectivity index (χ4v) is 1.48. The van der Waals surface area contributed by atoms with Crippen molar-refractivity contribution in [1.82, 2.24) is 0 Å². The molecule has 0 heterocycles. The Morgan fingerprint density at radius 2 is 2.31 bits per heavy atom. The van der Waals surface area contributed by atoms with Gasteiger partial charge in [-0.15, -0.1) is 0 Å². The van der Waals surface area contributed by atoms with E-state index in [0.29, 0.717) is 10.8 Å². The van der Waals surface area contributed by atoms with Crippen molar-refractivity contribution in [3.63, 3.8) is 0 Å². The van der Waals surface area contributed by atoms with Crippen molar-refractivity contribution >= 4 is 28.3 Å². The summed E-state index contributed by atoms with van der Waals surface area (Å²) in [6.07, 6.45) is 0. The van der Waals surface area contributed by atoms with Gasteiger partial charge in [0.05, 0.1) is 5.69 Å². The lowest BCUT2D eigenvalue weighted by Crippen LogP contribution is -2.07. The largest absolute Gasteiger partial charge is 0.302 e. The highest BCUT2D eigenvalue weighted by Gasteiger charge is 2.04. The van der Waals surface area contributed by atoms with E-state index >= 15 is 0 Å². The summed E-state index contributed by atoms with van der Waals surface area (Å²) in [5.74, 6) is -0.0588. The number of hydrogen-bond donors (Lipinski definition) is 1. The van der Waals surface area contributed by atoms with Gasteiger partial charge in [0.2, 0.25) is 0 Å². The van der Waals surface area contributed by atoms with Crippen molar-refractivity contribution in [2.45, 2.75) is 6.92 Å². The zero-order valence-electron chi connectivity index (χ0n) is 7.01. The highest BCUT2D eigenvalue weighted by molar-refractivity contribution is 7.86. The van der Waals surface area contributed by atoms with Crippen molar-refractivity contribution in [2.24, 2.45) is 0 Å². The second-order valence-electron chi connectivity index (χ2n) is 2.36. The van der Waals surface area contributed by atoms with Crippen molar-refractivity contribution in [2.75, 3.05) is 10.5 Å². The highest BCUT2D eigenvalue weighted by atomic mass is 35.5. The second kappa shape index (κ2) is 4.58. The van der Waals surface area contributed by atoms with Gasteiger partial charge in [-0.1, -0.05) is 18.5 Å². The lowest BCUT2D eigenvalue weighted by Gasteiger charge is -2.04. The van der Waals surface area contributed by atoms with Gasteiger partial charge in [0.25, 0.3) is 0 Å². The van der Waals surface area contributed by atoms with Crippen LogP contribution in [0.25, 0.3) is 0 Å². The fourth-order valence-electron chi connectivity index (χ4n) is 0.767. The third kappa shape index (κ3) is 2.97. The van der Waals surface area contributed by atoms with E-state index in [9.17, 15) is 8.60 Å². The molecular formula is C8H9ClFNOS. The van der Waals surface area contributed by atoms with Crippen LogP contribution in [-0.2, 0) is 11.0 Å². The molecule has 0 bridgehead atoms. The van der Waals surface area contributed by atoms with Gasteiger partial charge in [0, 0.05) is 10.8 Å². The molecule has 2 nitrogen and oxygen atoms in total. The van der Waals surface area contributed by atoms with Gasteiger partial charge < -0.3 is 4.72 Å². The minimum atomic E-state index is -1.23. The summed E-state index contributed by atoms with van der Waals surface area (Å²) in [6.45, 7) is 1.75. The standard InChI is InChI=1S/C8H9ClFNOS/c1-2-13(12)11-8-4-3-6(9)5-7(8)10/h3-5,11H,2H2,1H3. The summed E-state index contributed by atoms with van der Waals surface area (Å²) in [6, 6.07) is 4.18.